The molecule has 0 radical (unpaired) electrons. The highest BCUT2D eigenvalue weighted by molar-refractivity contribution is 7.17. The third-order valence-electron chi connectivity index (χ3n) is 1.83. The molecule has 1 aromatic heterocycles. The number of hydrogen-bond donors (Lipinski definition) is 0. The van der Waals surface area contributed by atoms with E-state index in [1.165, 1.54) is 23.6 Å². The molecule has 1 aromatic carbocycles. The van der Waals surface area contributed by atoms with E-state index in [4.69, 9.17) is 11.6 Å². The van der Waals surface area contributed by atoms with Crippen LogP contribution in [0.3, 0.4) is 0 Å². The Morgan fingerprint density at radius 1 is 1.19 bits per heavy atom. The van der Waals surface area contributed by atoms with Crippen LogP contribution in [0.2, 0.25) is 4.34 Å². The molecule has 0 saturated heterocycles. The standard InChI is InChI=1S/C11H6ClF2NS/c12-11-4-2-8(16-11)6-15-10-3-1-7(13)5-9(10)14/h1-6H. The maximum atomic E-state index is 13.2. The number of hydrogen-bond acceptors (Lipinski definition) is 2. The van der Waals surface area contributed by atoms with Crippen LogP contribution in [0.4, 0.5) is 14.5 Å². The number of benzene rings is 1. The largest absolute Gasteiger partial charge is 0.252 e. The molecule has 0 atom stereocenters. The van der Waals surface area contributed by atoms with Gasteiger partial charge in [-0.15, -0.1) is 11.3 Å². The molecule has 2 aromatic rings. The fraction of sp³-hybridized carbons (Fsp3) is 0. The number of halogens is 3. The summed E-state index contributed by atoms with van der Waals surface area (Å²) in [5.74, 6) is -1.30. The van der Waals surface area contributed by atoms with Gasteiger partial charge in [0.05, 0.1) is 10.0 Å². The normalized spacial score (nSPS) is 11.2. The van der Waals surface area contributed by atoms with E-state index in [2.05, 4.69) is 4.99 Å². The minimum Gasteiger partial charge on any atom is -0.252 e. The van der Waals surface area contributed by atoms with Crippen molar-refractivity contribution in [3.05, 3.63) is 51.2 Å². The van der Waals surface area contributed by atoms with E-state index < -0.39 is 11.6 Å². The molecule has 0 aliphatic rings. The van der Waals surface area contributed by atoms with Gasteiger partial charge in [0, 0.05) is 17.2 Å². The molecule has 0 saturated carbocycles. The summed E-state index contributed by atoms with van der Waals surface area (Å²) < 4.78 is 26.4. The van der Waals surface area contributed by atoms with E-state index in [1.54, 1.807) is 12.1 Å². The lowest BCUT2D eigenvalue weighted by atomic mass is 10.3. The predicted molar refractivity (Wildman–Crippen MR) is 62.9 cm³/mol. The van der Waals surface area contributed by atoms with Gasteiger partial charge >= 0.3 is 0 Å². The fourth-order valence-electron chi connectivity index (χ4n) is 1.12. The highest BCUT2D eigenvalue weighted by Crippen LogP contribution is 2.22. The van der Waals surface area contributed by atoms with Crippen molar-refractivity contribution in [2.75, 3.05) is 0 Å². The average molecular weight is 258 g/mol. The van der Waals surface area contributed by atoms with E-state index >= 15 is 0 Å². The van der Waals surface area contributed by atoms with Crippen LogP contribution in [0.15, 0.2) is 35.3 Å². The average Bonchev–Trinajstić information content (AvgIpc) is 2.63. The topological polar surface area (TPSA) is 12.4 Å². The van der Waals surface area contributed by atoms with Gasteiger partial charge in [0.2, 0.25) is 0 Å². The first kappa shape index (κ1) is 11.2. The van der Waals surface area contributed by atoms with Gasteiger partial charge in [-0.05, 0) is 24.3 Å². The summed E-state index contributed by atoms with van der Waals surface area (Å²) in [5, 5.41) is 0. The van der Waals surface area contributed by atoms with Crippen molar-refractivity contribution in [3.63, 3.8) is 0 Å². The van der Waals surface area contributed by atoms with Crippen molar-refractivity contribution in [1.29, 1.82) is 0 Å². The molecule has 0 unspecified atom stereocenters. The zero-order valence-electron chi connectivity index (χ0n) is 7.95. The minimum atomic E-state index is -0.682. The smallest absolute Gasteiger partial charge is 0.151 e. The summed E-state index contributed by atoms with van der Waals surface area (Å²) in [6.07, 6.45) is 1.49. The summed E-state index contributed by atoms with van der Waals surface area (Å²) in [4.78, 5) is 4.73. The van der Waals surface area contributed by atoms with Crippen LogP contribution in [-0.4, -0.2) is 6.21 Å². The molecule has 0 N–H and O–H groups in total. The summed E-state index contributed by atoms with van der Waals surface area (Å²) in [7, 11) is 0. The zero-order valence-corrected chi connectivity index (χ0v) is 9.53. The second kappa shape index (κ2) is 4.72. The highest BCUT2D eigenvalue weighted by atomic mass is 35.5. The first-order valence-electron chi connectivity index (χ1n) is 4.39. The van der Waals surface area contributed by atoms with Gasteiger partial charge in [0.25, 0.3) is 0 Å². The maximum Gasteiger partial charge on any atom is 0.151 e. The Morgan fingerprint density at radius 2 is 2.00 bits per heavy atom. The van der Waals surface area contributed by atoms with Crippen LogP contribution >= 0.6 is 22.9 Å². The van der Waals surface area contributed by atoms with Crippen molar-refractivity contribution in [2.24, 2.45) is 4.99 Å². The van der Waals surface area contributed by atoms with Gasteiger partial charge < -0.3 is 0 Å². The molecular formula is C11H6ClF2NS. The minimum absolute atomic E-state index is 0.103. The van der Waals surface area contributed by atoms with Gasteiger partial charge in [0.15, 0.2) is 5.82 Å². The number of aliphatic imine (C=N–C) groups is 1. The molecule has 0 spiro atoms. The van der Waals surface area contributed by atoms with Crippen LogP contribution < -0.4 is 0 Å². The third kappa shape index (κ3) is 2.65. The second-order valence-corrected chi connectivity index (χ2v) is 4.74. The lowest BCUT2D eigenvalue weighted by Gasteiger charge is -1.95. The molecule has 1 nitrogen and oxygen atoms in total. The third-order valence-corrected chi connectivity index (χ3v) is 3.00. The SMILES string of the molecule is Fc1ccc(N=Cc2ccc(Cl)s2)c(F)c1. The van der Waals surface area contributed by atoms with Gasteiger partial charge in [-0.1, -0.05) is 11.6 Å². The molecule has 5 heteroatoms. The predicted octanol–water partition coefficient (Wildman–Crippen LogP) is 4.43. The van der Waals surface area contributed by atoms with E-state index in [0.717, 1.165) is 17.0 Å². The molecule has 16 heavy (non-hydrogen) atoms. The van der Waals surface area contributed by atoms with E-state index in [9.17, 15) is 8.78 Å². The molecule has 1 heterocycles. The van der Waals surface area contributed by atoms with E-state index in [0.29, 0.717) is 4.34 Å². The Labute approximate surface area is 100 Å². The Hall–Kier alpha value is -1.26. The summed E-state index contributed by atoms with van der Waals surface area (Å²) >= 11 is 7.06. The lowest BCUT2D eigenvalue weighted by molar-refractivity contribution is 0.585. The number of thiophene rings is 1. The molecule has 0 aliphatic carbocycles. The molecule has 0 fully saturated rings. The maximum absolute atomic E-state index is 13.2. The van der Waals surface area contributed by atoms with Gasteiger partial charge in [-0.2, -0.15) is 0 Å². The summed E-state index contributed by atoms with van der Waals surface area (Å²) in [5.41, 5.74) is 0.103. The van der Waals surface area contributed by atoms with Crippen LogP contribution in [0.25, 0.3) is 0 Å². The van der Waals surface area contributed by atoms with Gasteiger partial charge in [0.1, 0.15) is 5.82 Å². The fourth-order valence-corrected chi connectivity index (χ4v) is 2.05. The lowest BCUT2D eigenvalue weighted by Crippen LogP contribution is -1.80. The van der Waals surface area contributed by atoms with Crippen molar-refractivity contribution in [1.82, 2.24) is 0 Å². The zero-order chi connectivity index (χ0) is 11.5. The quantitative estimate of drug-likeness (QED) is 0.706. The molecular weight excluding hydrogens is 252 g/mol. The first-order chi connectivity index (χ1) is 7.65. The van der Waals surface area contributed by atoms with Crippen molar-refractivity contribution >= 4 is 34.8 Å². The first-order valence-corrected chi connectivity index (χ1v) is 5.59. The Kier molecular flexibility index (Phi) is 3.31. The molecule has 0 amide bonds. The van der Waals surface area contributed by atoms with Crippen LogP contribution in [-0.2, 0) is 0 Å². The van der Waals surface area contributed by atoms with Crippen LogP contribution in [0.5, 0.6) is 0 Å². The summed E-state index contributed by atoms with van der Waals surface area (Å²) in [6.45, 7) is 0. The number of rotatable bonds is 2. The van der Waals surface area contributed by atoms with Crippen molar-refractivity contribution in [3.8, 4) is 0 Å². The van der Waals surface area contributed by atoms with Crippen LogP contribution in [0.1, 0.15) is 4.88 Å². The Balaban J connectivity index is 2.23. The van der Waals surface area contributed by atoms with Crippen molar-refractivity contribution in [2.45, 2.75) is 0 Å². The second-order valence-electron chi connectivity index (χ2n) is 3.00. The molecule has 0 bridgehead atoms. The monoisotopic (exact) mass is 257 g/mol. The van der Waals surface area contributed by atoms with E-state index in [1.807, 2.05) is 0 Å². The summed E-state index contributed by atoms with van der Waals surface area (Å²) in [6, 6.07) is 6.76. The number of nitrogens with zero attached hydrogens (tertiary/aromatic N) is 1. The highest BCUT2D eigenvalue weighted by Gasteiger charge is 2.01. The molecule has 0 aliphatic heterocycles. The van der Waals surface area contributed by atoms with Gasteiger partial charge in [-0.3, -0.25) is 4.99 Å². The molecule has 82 valence electrons. The Bertz CT molecular complexity index is 537. The molecule has 2 rings (SSSR count). The Morgan fingerprint density at radius 3 is 2.62 bits per heavy atom. The van der Waals surface area contributed by atoms with Crippen LogP contribution in [0, 0.1) is 11.6 Å². The van der Waals surface area contributed by atoms with Crippen molar-refractivity contribution < 1.29 is 8.78 Å². The van der Waals surface area contributed by atoms with Gasteiger partial charge in [-0.25, -0.2) is 8.78 Å². The van der Waals surface area contributed by atoms with E-state index in [-0.39, 0.29) is 5.69 Å².